The van der Waals surface area contributed by atoms with Crippen molar-refractivity contribution in [3.63, 3.8) is 0 Å². The zero-order chi connectivity index (χ0) is 24.7. The van der Waals surface area contributed by atoms with Crippen molar-refractivity contribution in [2.75, 3.05) is 34.5 Å². The molecule has 1 aliphatic heterocycles. The topological polar surface area (TPSA) is 121 Å². The predicted octanol–water partition coefficient (Wildman–Crippen LogP) is 2.74. The molecule has 1 aliphatic rings. The van der Waals surface area contributed by atoms with Crippen LogP contribution in [0.1, 0.15) is 28.9 Å². The van der Waals surface area contributed by atoms with E-state index in [2.05, 4.69) is 10.6 Å². The Hall–Kier alpha value is -4.21. The average molecular weight is 470 g/mol. The third-order valence-corrected chi connectivity index (χ3v) is 5.07. The lowest BCUT2D eigenvalue weighted by atomic mass is 9.95. The second-order valence-electron chi connectivity index (χ2n) is 7.06. The number of hydrogen-bond acceptors (Lipinski definition) is 8. The quantitative estimate of drug-likeness (QED) is 0.537. The van der Waals surface area contributed by atoms with Crippen molar-refractivity contribution in [1.82, 2.24) is 10.6 Å². The minimum atomic E-state index is -0.817. The lowest BCUT2D eigenvalue weighted by Gasteiger charge is -2.29. The lowest BCUT2D eigenvalue weighted by molar-refractivity contribution is -0.139. The maximum absolute atomic E-state index is 12.8. The highest BCUT2D eigenvalue weighted by molar-refractivity contribution is 5.96. The van der Waals surface area contributed by atoms with E-state index in [1.165, 1.54) is 27.4 Å². The first-order valence-corrected chi connectivity index (χ1v) is 10.4. The van der Waals surface area contributed by atoms with E-state index in [4.69, 9.17) is 23.7 Å². The van der Waals surface area contributed by atoms with E-state index in [1.807, 2.05) is 0 Å². The third kappa shape index (κ3) is 5.40. The molecule has 0 fully saturated rings. The van der Waals surface area contributed by atoms with Gasteiger partial charge in [0.15, 0.2) is 0 Å². The van der Waals surface area contributed by atoms with Crippen LogP contribution in [0.25, 0.3) is 0 Å². The normalized spacial score (nSPS) is 15.1. The highest BCUT2D eigenvalue weighted by Crippen LogP contribution is 2.30. The van der Waals surface area contributed by atoms with Crippen molar-refractivity contribution in [3.8, 4) is 17.2 Å². The largest absolute Gasteiger partial charge is 0.497 e. The Morgan fingerprint density at radius 3 is 2.18 bits per heavy atom. The molecule has 180 valence electrons. The van der Waals surface area contributed by atoms with Gasteiger partial charge in [-0.3, -0.25) is 0 Å². The van der Waals surface area contributed by atoms with Crippen LogP contribution in [-0.2, 0) is 14.3 Å². The number of carbonyl (C=O) groups is 3. The number of methoxy groups -OCH3 is 3. The molecule has 0 aliphatic carbocycles. The van der Waals surface area contributed by atoms with Gasteiger partial charge < -0.3 is 34.3 Å². The second-order valence-corrected chi connectivity index (χ2v) is 7.06. The number of benzene rings is 2. The number of amides is 2. The summed E-state index contributed by atoms with van der Waals surface area (Å²) < 4.78 is 26.2. The first kappa shape index (κ1) is 24.4. The van der Waals surface area contributed by atoms with Crippen molar-refractivity contribution in [1.29, 1.82) is 0 Å². The Balaban J connectivity index is 1.92. The van der Waals surface area contributed by atoms with Crippen LogP contribution in [0.15, 0.2) is 53.7 Å². The van der Waals surface area contributed by atoms with E-state index >= 15 is 0 Å². The molecule has 10 nitrogen and oxygen atoms in total. The average Bonchev–Trinajstić information content (AvgIpc) is 2.86. The summed E-state index contributed by atoms with van der Waals surface area (Å²) in [5, 5.41) is 5.27. The molecule has 1 heterocycles. The smallest absolute Gasteiger partial charge is 0.342 e. The van der Waals surface area contributed by atoms with Gasteiger partial charge in [0.05, 0.1) is 45.2 Å². The van der Waals surface area contributed by atoms with Crippen LogP contribution in [0, 0.1) is 0 Å². The van der Waals surface area contributed by atoms with Crippen LogP contribution in [0.5, 0.6) is 17.2 Å². The SMILES string of the molecule is CCOC(=O)C1=C(COC(=O)c2ccc(OC)cc2OC)NC(=O)NC1c1ccc(OC)cc1. The highest BCUT2D eigenvalue weighted by Gasteiger charge is 2.34. The van der Waals surface area contributed by atoms with Crippen LogP contribution in [-0.4, -0.2) is 52.5 Å². The fourth-order valence-corrected chi connectivity index (χ4v) is 3.41. The molecule has 10 heteroatoms. The van der Waals surface area contributed by atoms with Crippen LogP contribution in [0.2, 0.25) is 0 Å². The van der Waals surface area contributed by atoms with Crippen LogP contribution < -0.4 is 24.8 Å². The molecule has 0 saturated carbocycles. The van der Waals surface area contributed by atoms with Crippen LogP contribution >= 0.6 is 0 Å². The summed E-state index contributed by atoms with van der Waals surface area (Å²) in [5.74, 6) is 0.0317. The van der Waals surface area contributed by atoms with Gasteiger partial charge in [-0.25, -0.2) is 14.4 Å². The van der Waals surface area contributed by atoms with Crippen molar-refractivity contribution in [3.05, 3.63) is 64.9 Å². The molecule has 2 aromatic carbocycles. The Morgan fingerprint density at radius 1 is 0.882 bits per heavy atom. The zero-order valence-corrected chi connectivity index (χ0v) is 19.3. The van der Waals surface area contributed by atoms with E-state index in [9.17, 15) is 14.4 Å². The van der Waals surface area contributed by atoms with Crippen molar-refractivity contribution >= 4 is 18.0 Å². The maximum atomic E-state index is 12.8. The first-order valence-electron chi connectivity index (χ1n) is 10.4. The van der Waals surface area contributed by atoms with Crippen LogP contribution in [0.4, 0.5) is 4.79 Å². The van der Waals surface area contributed by atoms with Gasteiger partial charge in [0.25, 0.3) is 0 Å². The summed E-state index contributed by atoms with van der Waals surface area (Å²) in [6.45, 7) is 1.43. The molecule has 2 amide bonds. The molecule has 2 aromatic rings. The Kier molecular flexibility index (Phi) is 7.96. The molecule has 0 bridgehead atoms. The van der Waals surface area contributed by atoms with Gasteiger partial charge in [-0.1, -0.05) is 12.1 Å². The summed E-state index contributed by atoms with van der Waals surface area (Å²) >= 11 is 0. The standard InChI is InChI=1S/C24H26N2O8/c1-5-33-23(28)20-18(13-34-22(27)17-11-10-16(31-3)12-19(17)32-4)25-24(29)26-21(20)14-6-8-15(30-2)9-7-14/h6-12,21H,5,13H2,1-4H3,(H2,25,26,29). The van der Waals surface area contributed by atoms with Gasteiger partial charge in [0, 0.05) is 6.07 Å². The van der Waals surface area contributed by atoms with Gasteiger partial charge in [0.1, 0.15) is 29.4 Å². The molecule has 0 spiro atoms. The van der Waals surface area contributed by atoms with Gasteiger partial charge >= 0.3 is 18.0 Å². The minimum Gasteiger partial charge on any atom is -0.497 e. The van der Waals surface area contributed by atoms with Gasteiger partial charge in [-0.2, -0.15) is 0 Å². The van der Waals surface area contributed by atoms with Crippen molar-refractivity contribution < 1.29 is 38.1 Å². The fourth-order valence-electron chi connectivity index (χ4n) is 3.41. The summed E-state index contributed by atoms with van der Waals surface area (Å²) in [7, 11) is 4.45. The molecule has 0 saturated heterocycles. The van der Waals surface area contributed by atoms with Gasteiger partial charge in [-0.05, 0) is 36.8 Å². The summed E-state index contributed by atoms with van der Waals surface area (Å²) in [4.78, 5) is 38.0. The van der Waals surface area contributed by atoms with E-state index in [1.54, 1.807) is 43.3 Å². The molecule has 1 unspecified atom stereocenters. The molecule has 34 heavy (non-hydrogen) atoms. The Morgan fingerprint density at radius 2 is 1.56 bits per heavy atom. The number of hydrogen-bond donors (Lipinski definition) is 2. The monoisotopic (exact) mass is 470 g/mol. The van der Waals surface area contributed by atoms with E-state index in [0.717, 1.165) is 0 Å². The summed E-state index contributed by atoms with van der Waals surface area (Å²) in [6, 6.07) is 10.1. The van der Waals surface area contributed by atoms with Crippen LogP contribution in [0.3, 0.4) is 0 Å². The van der Waals surface area contributed by atoms with E-state index < -0.39 is 24.0 Å². The Labute approximate surface area is 196 Å². The number of esters is 2. The molecule has 0 aromatic heterocycles. The minimum absolute atomic E-state index is 0.115. The lowest BCUT2D eigenvalue weighted by Crippen LogP contribution is -2.47. The molecule has 2 N–H and O–H groups in total. The predicted molar refractivity (Wildman–Crippen MR) is 121 cm³/mol. The number of ether oxygens (including phenoxy) is 5. The fraction of sp³-hybridized carbons (Fsp3) is 0.292. The van der Waals surface area contributed by atoms with Crippen molar-refractivity contribution in [2.45, 2.75) is 13.0 Å². The summed E-state index contributed by atoms with van der Waals surface area (Å²) in [6.07, 6.45) is 0. The van der Waals surface area contributed by atoms with E-state index in [-0.39, 0.29) is 35.8 Å². The molecule has 3 rings (SSSR count). The summed E-state index contributed by atoms with van der Waals surface area (Å²) in [5.41, 5.74) is 1.03. The molecule has 1 atom stereocenters. The third-order valence-electron chi connectivity index (χ3n) is 5.07. The first-order chi connectivity index (χ1) is 16.4. The second kappa shape index (κ2) is 11.1. The van der Waals surface area contributed by atoms with E-state index in [0.29, 0.717) is 17.1 Å². The van der Waals surface area contributed by atoms with Crippen molar-refractivity contribution in [2.24, 2.45) is 0 Å². The maximum Gasteiger partial charge on any atom is 0.342 e. The number of carbonyl (C=O) groups excluding carboxylic acids is 3. The highest BCUT2D eigenvalue weighted by atomic mass is 16.5. The van der Waals surface area contributed by atoms with Gasteiger partial charge in [-0.15, -0.1) is 0 Å². The number of nitrogens with one attached hydrogen (secondary N) is 2. The molecule has 0 radical (unpaired) electrons. The zero-order valence-electron chi connectivity index (χ0n) is 19.3. The Bertz CT molecular complexity index is 1090. The number of rotatable bonds is 9. The molecular weight excluding hydrogens is 444 g/mol. The number of urea groups is 1. The van der Waals surface area contributed by atoms with Gasteiger partial charge in [0.2, 0.25) is 0 Å². The molecular formula is C24H26N2O8.